The summed E-state index contributed by atoms with van der Waals surface area (Å²) in [5, 5.41) is 6.07. The topological polar surface area (TPSA) is 95.6 Å². The fraction of sp³-hybridized carbons (Fsp3) is 0.364. The van der Waals surface area contributed by atoms with Crippen molar-refractivity contribution >= 4 is 33.4 Å². The smallest absolute Gasteiger partial charge is 0.243 e. The van der Waals surface area contributed by atoms with E-state index in [9.17, 15) is 18.0 Å². The molecule has 7 nitrogen and oxygen atoms in total. The molecule has 2 aromatic carbocycles. The molecule has 1 aliphatic rings. The molecule has 3 rings (SSSR count). The zero-order valence-corrected chi connectivity index (χ0v) is 18.8. The molecule has 166 valence electrons. The second-order valence-electron chi connectivity index (χ2n) is 7.53. The van der Waals surface area contributed by atoms with E-state index in [-0.39, 0.29) is 42.3 Å². The molecule has 2 amide bonds. The number of halogens is 1. The average molecular weight is 464 g/mol. The van der Waals surface area contributed by atoms with E-state index in [4.69, 9.17) is 11.6 Å². The molecule has 1 fully saturated rings. The van der Waals surface area contributed by atoms with Crippen LogP contribution in [0.1, 0.15) is 25.3 Å². The van der Waals surface area contributed by atoms with Gasteiger partial charge in [0.05, 0.1) is 4.90 Å². The highest BCUT2D eigenvalue weighted by atomic mass is 35.5. The molecule has 0 saturated carbocycles. The summed E-state index contributed by atoms with van der Waals surface area (Å²) in [4.78, 5) is 25.2. The number of nitrogens with zero attached hydrogens (tertiary/aromatic N) is 1. The molecule has 1 heterocycles. The van der Waals surface area contributed by atoms with Crippen molar-refractivity contribution in [3.8, 4) is 0 Å². The van der Waals surface area contributed by atoms with Crippen molar-refractivity contribution in [1.29, 1.82) is 0 Å². The third kappa shape index (κ3) is 5.84. The minimum atomic E-state index is -3.56. The number of piperidine rings is 1. The van der Waals surface area contributed by atoms with Gasteiger partial charge in [-0.3, -0.25) is 9.59 Å². The number of benzene rings is 2. The van der Waals surface area contributed by atoms with E-state index in [1.54, 1.807) is 43.3 Å². The molecular weight excluding hydrogens is 438 g/mol. The molecule has 1 aliphatic heterocycles. The van der Waals surface area contributed by atoms with Crippen molar-refractivity contribution in [2.75, 3.05) is 13.1 Å². The third-order valence-corrected chi connectivity index (χ3v) is 7.65. The molecule has 0 bridgehead atoms. The van der Waals surface area contributed by atoms with E-state index in [1.165, 1.54) is 4.31 Å². The number of hydrogen-bond donors (Lipinski definition) is 2. The van der Waals surface area contributed by atoms with Crippen LogP contribution in [0, 0.1) is 5.92 Å². The van der Waals surface area contributed by atoms with Crippen LogP contribution in [0.3, 0.4) is 0 Å². The average Bonchev–Trinajstić information content (AvgIpc) is 2.79. The number of hydrogen-bond acceptors (Lipinski definition) is 4. The lowest BCUT2D eigenvalue weighted by Gasteiger charge is -2.31. The molecule has 31 heavy (non-hydrogen) atoms. The Morgan fingerprint density at radius 3 is 2.32 bits per heavy atom. The maximum Gasteiger partial charge on any atom is 0.243 e. The van der Waals surface area contributed by atoms with Crippen LogP contribution in [0.15, 0.2) is 59.5 Å². The first-order chi connectivity index (χ1) is 14.8. The maximum absolute atomic E-state index is 12.7. The second-order valence-corrected chi connectivity index (χ2v) is 9.88. The van der Waals surface area contributed by atoms with Gasteiger partial charge in [0.15, 0.2) is 0 Å². The van der Waals surface area contributed by atoms with E-state index in [0.29, 0.717) is 17.9 Å². The van der Waals surface area contributed by atoms with Gasteiger partial charge in [-0.15, -0.1) is 0 Å². The van der Waals surface area contributed by atoms with Crippen LogP contribution in [0.5, 0.6) is 0 Å². The van der Waals surface area contributed by atoms with Gasteiger partial charge in [-0.05, 0) is 43.5 Å². The Morgan fingerprint density at radius 1 is 1.06 bits per heavy atom. The van der Waals surface area contributed by atoms with Crippen molar-refractivity contribution < 1.29 is 18.0 Å². The molecular formula is C22H26ClN3O4S. The van der Waals surface area contributed by atoms with Gasteiger partial charge in [-0.2, -0.15) is 4.31 Å². The molecule has 1 saturated heterocycles. The normalized spacial score (nSPS) is 16.5. The lowest BCUT2D eigenvalue weighted by molar-refractivity contribution is -0.131. The summed E-state index contributed by atoms with van der Waals surface area (Å²) in [5.74, 6) is -0.879. The van der Waals surface area contributed by atoms with Gasteiger partial charge in [-0.25, -0.2) is 8.42 Å². The predicted octanol–water partition coefficient (Wildman–Crippen LogP) is 2.56. The van der Waals surface area contributed by atoms with Gasteiger partial charge >= 0.3 is 0 Å². The summed E-state index contributed by atoms with van der Waals surface area (Å²) in [7, 11) is -3.56. The first kappa shape index (κ1) is 23.2. The molecule has 1 unspecified atom stereocenters. The van der Waals surface area contributed by atoms with Crippen LogP contribution >= 0.6 is 11.6 Å². The first-order valence-corrected chi connectivity index (χ1v) is 12.0. The molecule has 0 aliphatic carbocycles. The van der Waals surface area contributed by atoms with E-state index in [2.05, 4.69) is 10.6 Å². The van der Waals surface area contributed by atoms with Crippen LogP contribution < -0.4 is 10.6 Å². The van der Waals surface area contributed by atoms with Gasteiger partial charge in [0, 0.05) is 30.6 Å². The Bertz CT molecular complexity index is 1020. The van der Waals surface area contributed by atoms with Crippen molar-refractivity contribution in [3.05, 3.63) is 65.2 Å². The minimum absolute atomic E-state index is 0.239. The second kappa shape index (κ2) is 10.3. The van der Waals surface area contributed by atoms with E-state index in [0.717, 1.165) is 5.56 Å². The largest absolute Gasteiger partial charge is 0.350 e. The highest BCUT2D eigenvalue weighted by Crippen LogP contribution is 2.24. The highest BCUT2D eigenvalue weighted by molar-refractivity contribution is 7.89. The maximum atomic E-state index is 12.7. The number of sulfonamides is 1. The van der Waals surface area contributed by atoms with Crippen LogP contribution in [-0.2, 0) is 26.2 Å². The molecule has 1 atom stereocenters. The van der Waals surface area contributed by atoms with E-state index >= 15 is 0 Å². The summed E-state index contributed by atoms with van der Waals surface area (Å²) in [6, 6.07) is 14.8. The molecule has 2 N–H and O–H groups in total. The minimum Gasteiger partial charge on any atom is -0.350 e. The van der Waals surface area contributed by atoms with Gasteiger partial charge < -0.3 is 10.6 Å². The van der Waals surface area contributed by atoms with Crippen molar-refractivity contribution in [2.45, 2.75) is 37.2 Å². The first-order valence-electron chi connectivity index (χ1n) is 10.2. The fourth-order valence-electron chi connectivity index (χ4n) is 3.47. The Labute approximate surface area is 187 Å². The van der Waals surface area contributed by atoms with Crippen molar-refractivity contribution in [1.82, 2.24) is 14.9 Å². The molecule has 2 aromatic rings. The number of carbonyl (C=O) groups excluding carboxylic acids is 2. The fourth-order valence-corrected chi connectivity index (χ4v) is 5.17. The van der Waals surface area contributed by atoms with Crippen molar-refractivity contribution in [3.63, 3.8) is 0 Å². The Hall–Kier alpha value is -2.42. The SMILES string of the molecule is CC(NC(=O)C1CCN(S(=O)(=O)c2ccccc2)CC1)C(=O)NCc1ccccc1Cl. The zero-order valence-electron chi connectivity index (χ0n) is 17.3. The number of amides is 2. The van der Waals surface area contributed by atoms with E-state index in [1.807, 2.05) is 18.2 Å². The third-order valence-electron chi connectivity index (χ3n) is 5.37. The van der Waals surface area contributed by atoms with Crippen LogP contribution in [-0.4, -0.2) is 43.7 Å². The molecule has 0 radical (unpaired) electrons. The monoisotopic (exact) mass is 463 g/mol. The zero-order chi connectivity index (χ0) is 22.4. The Morgan fingerprint density at radius 2 is 1.68 bits per heavy atom. The Balaban J connectivity index is 1.48. The van der Waals surface area contributed by atoms with Crippen molar-refractivity contribution in [2.24, 2.45) is 5.92 Å². The van der Waals surface area contributed by atoms with Crippen LogP contribution in [0.4, 0.5) is 0 Å². The van der Waals surface area contributed by atoms with Crippen LogP contribution in [0.25, 0.3) is 0 Å². The quantitative estimate of drug-likeness (QED) is 0.659. The summed E-state index contributed by atoms with van der Waals surface area (Å²) < 4.78 is 26.8. The molecule has 0 spiro atoms. The van der Waals surface area contributed by atoms with Gasteiger partial charge in [-0.1, -0.05) is 48.0 Å². The number of nitrogens with one attached hydrogen (secondary N) is 2. The Kier molecular flexibility index (Phi) is 7.69. The predicted molar refractivity (Wildman–Crippen MR) is 119 cm³/mol. The van der Waals surface area contributed by atoms with Gasteiger partial charge in [0.1, 0.15) is 6.04 Å². The highest BCUT2D eigenvalue weighted by Gasteiger charge is 2.32. The lowest BCUT2D eigenvalue weighted by atomic mass is 9.97. The van der Waals surface area contributed by atoms with Gasteiger partial charge in [0.25, 0.3) is 0 Å². The molecule has 9 heteroatoms. The summed E-state index contributed by atoms with van der Waals surface area (Å²) in [5.41, 5.74) is 0.794. The summed E-state index contributed by atoms with van der Waals surface area (Å²) in [6.07, 6.45) is 0.817. The van der Waals surface area contributed by atoms with Gasteiger partial charge in [0.2, 0.25) is 21.8 Å². The number of rotatable bonds is 7. The van der Waals surface area contributed by atoms with E-state index < -0.39 is 16.1 Å². The molecule has 0 aromatic heterocycles. The standard InChI is InChI=1S/C22H26ClN3O4S/c1-16(21(27)24-15-18-7-5-6-10-20(18)23)25-22(28)17-11-13-26(14-12-17)31(29,30)19-8-3-2-4-9-19/h2-10,16-17H,11-15H2,1H3,(H,24,27)(H,25,28). The summed E-state index contributed by atoms with van der Waals surface area (Å²) >= 11 is 6.09. The summed E-state index contributed by atoms with van der Waals surface area (Å²) in [6.45, 7) is 2.42. The van der Waals surface area contributed by atoms with Crippen LogP contribution in [0.2, 0.25) is 5.02 Å². The lowest BCUT2D eigenvalue weighted by Crippen LogP contribution is -2.49. The number of carbonyl (C=O) groups is 2.